The SMILES string of the molecule is Cc1cnc(-c2cc(C3CC3)no2)cc1NC(=O)c1cnn2ccc(-c3cnn(C)c3C(F)(F)F)cc12. The van der Waals surface area contributed by atoms with E-state index in [2.05, 4.69) is 25.7 Å². The summed E-state index contributed by atoms with van der Waals surface area (Å²) in [5, 5.41) is 14.9. The van der Waals surface area contributed by atoms with Crippen LogP contribution in [-0.2, 0) is 13.2 Å². The molecule has 188 valence electrons. The largest absolute Gasteiger partial charge is 0.433 e. The van der Waals surface area contributed by atoms with Crippen LogP contribution in [0.25, 0.3) is 28.1 Å². The first-order valence-electron chi connectivity index (χ1n) is 11.5. The van der Waals surface area contributed by atoms with Crippen molar-refractivity contribution in [1.29, 1.82) is 0 Å². The zero-order chi connectivity index (χ0) is 25.9. The summed E-state index contributed by atoms with van der Waals surface area (Å²) in [6, 6.07) is 6.56. The summed E-state index contributed by atoms with van der Waals surface area (Å²) < 4.78 is 48.5. The maximum absolute atomic E-state index is 13.6. The lowest BCUT2D eigenvalue weighted by molar-refractivity contribution is -0.143. The van der Waals surface area contributed by atoms with Crippen LogP contribution in [0.3, 0.4) is 0 Å². The maximum atomic E-state index is 13.6. The van der Waals surface area contributed by atoms with Crippen molar-refractivity contribution in [1.82, 2.24) is 29.5 Å². The average molecular weight is 507 g/mol. The predicted molar refractivity (Wildman–Crippen MR) is 127 cm³/mol. The van der Waals surface area contributed by atoms with Gasteiger partial charge in [-0.3, -0.25) is 14.5 Å². The van der Waals surface area contributed by atoms with Gasteiger partial charge < -0.3 is 9.84 Å². The van der Waals surface area contributed by atoms with Crippen molar-refractivity contribution in [2.45, 2.75) is 31.9 Å². The molecular weight excluding hydrogens is 487 g/mol. The Morgan fingerprint density at radius 1 is 1.14 bits per heavy atom. The molecule has 1 amide bonds. The van der Waals surface area contributed by atoms with Crippen LogP contribution in [0.15, 0.2) is 53.6 Å². The topological polar surface area (TPSA) is 103 Å². The van der Waals surface area contributed by atoms with E-state index in [0.29, 0.717) is 28.6 Å². The molecule has 5 aromatic rings. The van der Waals surface area contributed by atoms with Gasteiger partial charge in [0, 0.05) is 42.7 Å². The molecule has 0 radical (unpaired) electrons. The van der Waals surface area contributed by atoms with Gasteiger partial charge in [0.15, 0.2) is 5.76 Å². The smallest absolute Gasteiger partial charge is 0.354 e. The lowest BCUT2D eigenvalue weighted by atomic mass is 10.1. The highest BCUT2D eigenvalue weighted by Crippen LogP contribution is 2.41. The number of carbonyl (C=O) groups excluding carboxylic acids is 1. The number of fused-ring (bicyclic) bond motifs is 1. The minimum atomic E-state index is -4.59. The van der Waals surface area contributed by atoms with Gasteiger partial charge in [-0.1, -0.05) is 5.16 Å². The second-order valence-corrected chi connectivity index (χ2v) is 9.06. The number of hydrogen-bond donors (Lipinski definition) is 1. The summed E-state index contributed by atoms with van der Waals surface area (Å²) >= 11 is 0. The summed E-state index contributed by atoms with van der Waals surface area (Å²) in [6.07, 6.45) is 3.25. The predicted octanol–water partition coefficient (Wildman–Crippen LogP) is 5.24. The molecule has 1 N–H and O–H groups in total. The molecule has 0 saturated heterocycles. The van der Waals surface area contributed by atoms with Crippen LogP contribution in [-0.4, -0.2) is 35.4 Å². The van der Waals surface area contributed by atoms with Gasteiger partial charge in [0.05, 0.1) is 29.2 Å². The minimum Gasteiger partial charge on any atom is -0.354 e. The minimum absolute atomic E-state index is 0.0858. The van der Waals surface area contributed by atoms with E-state index in [-0.39, 0.29) is 16.7 Å². The molecule has 9 nitrogen and oxygen atoms in total. The van der Waals surface area contributed by atoms with Crippen LogP contribution >= 0.6 is 0 Å². The zero-order valence-electron chi connectivity index (χ0n) is 19.7. The average Bonchev–Trinajstić information content (AvgIpc) is 3.25. The molecule has 0 atom stereocenters. The third-order valence-corrected chi connectivity index (χ3v) is 6.41. The quantitative estimate of drug-likeness (QED) is 0.349. The van der Waals surface area contributed by atoms with Crippen molar-refractivity contribution < 1.29 is 22.5 Å². The fraction of sp³-hybridized carbons (Fsp3) is 0.240. The Balaban J connectivity index is 1.32. The molecule has 1 aliphatic rings. The first kappa shape index (κ1) is 23.0. The molecule has 0 unspecified atom stereocenters. The molecule has 6 rings (SSSR count). The van der Waals surface area contributed by atoms with Crippen LogP contribution in [0.2, 0.25) is 0 Å². The van der Waals surface area contributed by atoms with E-state index in [1.54, 1.807) is 19.2 Å². The number of nitrogens with one attached hydrogen (secondary N) is 1. The highest BCUT2D eigenvalue weighted by Gasteiger charge is 2.37. The molecule has 5 aromatic heterocycles. The molecule has 12 heteroatoms. The van der Waals surface area contributed by atoms with Crippen LogP contribution in [0.5, 0.6) is 0 Å². The Morgan fingerprint density at radius 2 is 1.95 bits per heavy atom. The molecule has 1 fully saturated rings. The summed E-state index contributed by atoms with van der Waals surface area (Å²) in [7, 11) is 1.24. The normalized spacial score (nSPS) is 13.9. The van der Waals surface area contributed by atoms with Gasteiger partial charge in [0.25, 0.3) is 5.91 Å². The molecule has 0 aromatic carbocycles. The summed E-state index contributed by atoms with van der Waals surface area (Å²) in [6.45, 7) is 1.80. The second kappa shape index (κ2) is 8.29. The van der Waals surface area contributed by atoms with Gasteiger partial charge >= 0.3 is 6.18 Å². The number of halogens is 3. The van der Waals surface area contributed by atoms with Gasteiger partial charge in [-0.15, -0.1) is 0 Å². The number of alkyl halides is 3. The summed E-state index contributed by atoms with van der Waals surface area (Å²) in [4.78, 5) is 17.6. The van der Waals surface area contributed by atoms with Crippen LogP contribution in [0.1, 0.15) is 46.1 Å². The Kier molecular flexibility index (Phi) is 5.14. The monoisotopic (exact) mass is 507 g/mol. The number of pyridine rings is 2. The molecule has 0 bridgehead atoms. The van der Waals surface area contributed by atoms with Crippen LogP contribution in [0, 0.1) is 6.92 Å². The van der Waals surface area contributed by atoms with Crippen molar-refractivity contribution in [2.75, 3.05) is 5.32 Å². The second-order valence-electron chi connectivity index (χ2n) is 9.06. The highest BCUT2D eigenvalue weighted by atomic mass is 19.4. The fourth-order valence-corrected chi connectivity index (χ4v) is 4.27. The van der Waals surface area contributed by atoms with Crippen LogP contribution in [0.4, 0.5) is 18.9 Å². The third-order valence-electron chi connectivity index (χ3n) is 6.41. The van der Waals surface area contributed by atoms with E-state index in [0.717, 1.165) is 35.0 Å². The van der Waals surface area contributed by atoms with Crippen molar-refractivity contribution in [3.8, 4) is 22.6 Å². The van der Waals surface area contributed by atoms with Crippen LogP contribution < -0.4 is 5.32 Å². The van der Waals surface area contributed by atoms with E-state index in [1.165, 1.54) is 36.1 Å². The standard InChI is InChI=1S/C25H20F3N7O2/c1-13-10-29-20(22-9-19(33-37-22)14-3-4-14)8-18(13)32-24(36)17-12-31-35-6-5-15(7-21(17)35)16-11-30-34(2)23(16)25(26,27)28/h5-12,14H,3-4H2,1-2H3,(H,29,32,36). The lowest BCUT2D eigenvalue weighted by Gasteiger charge is -2.11. The molecule has 0 aliphatic heterocycles. The molecule has 0 spiro atoms. The number of rotatable bonds is 5. The third kappa shape index (κ3) is 4.13. The van der Waals surface area contributed by atoms with Gasteiger partial charge in [-0.25, -0.2) is 4.52 Å². The maximum Gasteiger partial charge on any atom is 0.433 e. The van der Waals surface area contributed by atoms with Gasteiger partial charge in [-0.05, 0) is 49.1 Å². The van der Waals surface area contributed by atoms with Crippen molar-refractivity contribution >= 4 is 17.1 Å². The van der Waals surface area contributed by atoms with Gasteiger partial charge in [0.2, 0.25) is 0 Å². The summed E-state index contributed by atoms with van der Waals surface area (Å²) in [5.74, 6) is 0.474. The fourth-order valence-electron chi connectivity index (χ4n) is 4.27. The Hall–Kier alpha value is -4.48. The van der Waals surface area contributed by atoms with E-state index in [4.69, 9.17) is 4.52 Å². The van der Waals surface area contributed by atoms with Crippen molar-refractivity contribution in [3.05, 3.63) is 71.6 Å². The van der Waals surface area contributed by atoms with Gasteiger partial charge in [-0.2, -0.15) is 23.4 Å². The van der Waals surface area contributed by atoms with Gasteiger partial charge in [0.1, 0.15) is 11.4 Å². The lowest BCUT2D eigenvalue weighted by Crippen LogP contribution is -2.13. The Bertz CT molecular complexity index is 1660. The van der Waals surface area contributed by atoms with E-state index in [9.17, 15) is 18.0 Å². The van der Waals surface area contributed by atoms with E-state index < -0.39 is 17.8 Å². The molecule has 5 heterocycles. The number of hydrogen-bond acceptors (Lipinski definition) is 6. The van der Waals surface area contributed by atoms with E-state index >= 15 is 0 Å². The molecule has 1 aliphatic carbocycles. The Morgan fingerprint density at radius 3 is 2.70 bits per heavy atom. The Labute approximate surface area is 207 Å². The van der Waals surface area contributed by atoms with Crippen molar-refractivity contribution in [3.63, 3.8) is 0 Å². The molecule has 37 heavy (non-hydrogen) atoms. The zero-order valence-corrected chi connectivity index (χ0v) is 19.7. The summed E-state index contributed by atoms with van der Waals surface area (Å²) in [5.41, 5.74) is 2.52. The number of aryl methyl sites for hydroxylation is 2. The molecule has 1 saturated carbocycles. The van der Waals surface area contributed by atoms with Crippen molar-refractivity contribution in [2.24, 2.45) is 7.05 Å². The number of nitrogens with zero attached hydrogens (tertiary/aromatic N) is 6. The number of carbonyl (C=O) groups is 1. The highest BCUT2D eigenvalue weighted by molar-refractivity contribution is 6.09. The first-order valence-corrected chi connectivity index (χ1v) is 11.5. The number of aromatic nitrogens is 6. The number of anilines is 1. The molecular formula is C25H20F3N7O2. The van der Waals surface area contributed by atoms with E-state index in [1.807, 2.05) is 6.07 Å². The first-order chi connectivity index (χ1) is 17.7. The number of amides is 1.